The van der Waals surface area contributed by atoms with Crippen molar-refractivity contribution in [2.45, 2.75) is 12.5 Å². The van der Waals surface area contributed by atoms with Crippen LogP contribution in [0.4, 0.5) is 5.13 Å². The number of carbonyl (C=O) groups is 1. The van der Waals surface area contributed by atoms with Crippen LogP contribution in [0.15, 0.2) is 29.6 Å². The Hall–Kier alpha value is -1.44. The van der Waals surface area contributed by atoms with Crippen molar-refractivity contribution in [3.05, 3.63) is 34.7 Å². The molecule has 2 fully saturated rings. The van der Waals surface area contributed by atoms with Gasteiger partial charge in [0, 0.05) is 28.3 Å². The Morgan fingerprint density at radius 1 is 1.22 bits per heavy atom. The first kappa shape index (κ1) is 15.1. The van der Waals surface area contributed by atoms with Crippen molar-refractivity contribution in [2.24, 2.45) is 5.92 Å². The van der Waals surface area contributed by atoms with E-state index >= 15 is 0 Å². The van der Waals surface area contributed by atoms with Crippen molar-refractivity contribution < 1.29 is 13.2 Å². The number of carbonyl (C=O) groups excluding carboxylic acids is 1. The van der Waals surface area contributed by atoms with Crippen molar-refractivity contribution in [1.82, 2.24) is 4.98 Å². The minimum atomic E-state index is -3.05. The lowest BCUT2D eigenvalue weighted by Crippen LogP contribution is -2.36. The standard InChI is InChI=1S/C15H13ClN2O3S2/c16-11-3-1-9(2-4-11)12-6-22-15(17-12)18-13-8-23(20,21)7-10(13)5-14(18)19/h1-4,6,10,13H,5,7-8H2. The molecule has 0 bridgehead atoms. The fraction of sp³-hybridized carbons (Fsp3) is 0.333. The first-order chi connectivity index (χ1) is 10.9. The number of halogens is 1. The van der Waals surface area contributed by atoms with Crippen LogP contribution in [0.1, 0.15) is 6.42 Å². The normalized spacial score (nSPS) is 25.8. The highest BCUT2D eigenvalue weighted by atomic mass is 35.5. The van der Waals surface area contributed by atoms with Crippen LogP contribution in [-0.2, 0) is 14.6 Å². The molecule has 1 amide bonds. The van der Waals surface area contributed by atoms with Gasteiger partial charge >= 0.3 is 0 Å². The number of rotatable bonds is 2. The van der Waals surface area contributed by atoms with Crippen molar-refractivity contribution in [1.29, 1.82) is 0 Å². The van der Waals surface area contributed by atoms with Crippen molar-refractivity contribution in [3.63, 3.8) is 0 Å². The maximum absolute atomic E-state index is 12.3. The minimum Gasteiger partial charge on any atom is -0.284 e. The molecular weight excluding hydrogens is 356 g/mol. The number of thiazole rings is 1. The van der Waals surface area contributed by atoms with E-state index < -0.39 is 9.84 Å². The molecule has 0 radical (unpaired) electrons. The highest BCUT2D eigenvalue weighted by Gasteiger charge is 2.50. The summed E-state index contributed by atoms with van der Waals surface area (Å²) in [5.41, 5.74) is 1.68. The largest absolute Gasteiger partial charge is 0.284 e. The van der Waals surface area contributed by atoms with Crippen molar-refractivity contribution in [3.8, 4) is 11.3 Å². The maximum Gasteiger partial charge on any atom is 0.229 e. The predicted molar refractivity (Wildman–Crippen MR) is 90.6 cm³/mol. The fourth-order valence-corrected chi connectivity index (χ4v) is 6.37. The average molecular weight is 369 g/mol. The average Bonchev–Trinajstić information content (AvgIpc) is 3.12. The molecule has 23 heavy (non-hydrogen) atoms. The second-order valence-electron chi connectivity index (χ2n) is 5.89. The van der Waals surface area contributed by atoms with E-state index in [4.69, 9.17) is 11.6 Å². The fourth-order valence-electron chi connectivity index (χ4n) is 3.27. The first-order valence-electron chi connectivity index (χ1n) is 7.17. The molecule has 0 spiro atoms. The Morgan fingerprint density at radius 3 is 2.70 bits per heavy atom. The molecule has 1 aromatic heterocycles. The number of nitrogens with zero attached hydrogens (tertiary/aromatic N) is 2. The molecule has 120 valence electrons. The SMILES string of the molecule is O=C1CC2CS(=O)(=O)CC2N1c1nc(-c2ccc(Cl)cc2)cs1. The third kappa shape index (κ3) is 2.66. The zero-order valence-electron chi connectivity index (χ0n) is 12.0. The van der Waals surface area contributed by atoms with Gasteiger partial charge in [0.25, 0.3) is 0 Å². The van der Waals surface area contributed by atoms with Gasteiger partial charge in [-0.1, -0.05) is 23.7 Å². The number of benzene rings is 1. The van der Waals surface area contributed by atoms with Gasteiger partial charge in [-0.25, -0.2) is 13.4 Å². The van der Waals surface area contributed by atoms with Crippen LogP contribution in [0, 0.1) is 5.92 Å². The molecule has 3 heterocycles. The van der Waals surface area contributed by atoms with E-state index in [9.17, 15) is 13.2 Å². The topological polar surface area (TPSA) is 67.3 Å². The Morgan fingerprint density at radius 2 is 1.96 bits per heavy atom. The van der Waals surface area contributed by atoms with Crippen LogP contribution >= 0.6 is 22.9 Å². The zero-order valence-corrected chi connectivity index (χ0v) is 14.4. The van der Waals surface area contributed by atoms with Crippen molar-refractivity contribution in [2.75, 3.05) is 16.4 Å². The molecule has 2 aliphatic heterocycles. The summed E-state index contributed by atoms with van der Waals surface area (Å²) < 4.78 is 23.6. The molecule has 4 rings (SSSR count). The minimum absolute atomic E-state index is 0.0353. The number of hydrogen-bond donors (Lipinski definition) is 0. The van der Waals surface area contributed by atoms with Crippen LogP contribution in [0.2, 0.25) is 5.02 Å². The molecule has 2 atom stereocenters. The monoisotopic (exact) mass is 368 g/mol. The Bertz CT molecular complexity index is 876. The quantitative estimate of drug-likeness (QED) is 0.817. The lowest BCUT2D eigenvalue weighted by atomic mass is 10.1. The lowest BCUT2D eigenvalue weighted by molar-refractivity contribution is -0.117. The summed E-state index contributed by atoms with van der Waals surface area (Å²) in [5.74, 6) is 0.0106. The van der Waals surface area contributed by atoms with Crippen LogP contribution in [0.3, 0.4) is 0 Å². The summed E-state index contributed by atoms with van der Waals surface area (Å²) in [5, 5.41) is 3.10. The molecule has 0 saturated carbocycles. The Kier molecular flexibility index (Phi) is 3.48. The molecule has 5 nitrogen and oxygen atoms in total. The molecular formula is C15H13ClN2O3S2. The van der Waals surface area contributed by atoms with E-state index in [0.29, 0.717) is 16.6 Å². The third-order valence-electron chi connectivity index (χ3n) is 4.31. The van der Waals surface area contributed by atoms with E-state index in [-0.39, 0.29) is 29.4 Å². The number of sulfone groups is 1. The van der Waals surface area contributed by atoms with Gasteiger partial charge in [0.1, 0.15) is 0 Å². The Labute approximate surface area is 142 Å². The van der Waals surface area contributed by atoms with Gasteiger partial charge in [0.2, 0.25) is 5.91 Å². The summed E-state index contributed by atoms with van der Waals surface area (Å²) in [4.78, 5) is 18.4. The van der Waals surface area contributed by atoms with E-state index in [1.54, 1.807) is 17.0 Å². The van der Waals surface area contributed by atoms with E-state index in [1.807, 2.05) is 17.5 Å². The van der Waals surface area contributed by atoms with Gasteiger partial charge in [-0.3, -0.25) is 9.69 Å². The lowest BCUT2D eigenvalue weighted by Gasteiger charge is -2.19. The number of fused-ring (bicyclic) bond motifs is 1. The van der Waals surface area contributed by atoms with Gasteiger partial charge in [-0.05, 0) is 12.1 Å². The highest BCUT2D eigenvalue weighted by Crippen LogP contribution is 2.39. The molecule has 8 heteroatoms. The molecule has 2 unspecified atom stereocenters. The molecule has 2 aromatic rings. The first-order valence-corrected chi connectivity index (χ1v) is 10.2. The summed E-state index contributed by atoms with van der Waals surface area (Å²) in [6.45, 7) is 0. The highest BCUT2D eigenvalue weighted by molar-refractivity contribution is 7.91. The van der Waals surface area contributed by atoms with E-state index in [0.717, 1.165) is 11.3 Å². The van der Waals surface area contributed by atoms with Gasteiger partial charge in [-0.15, -0.1) is 11.3 Å². The maximum atomic E-state index is 12.3. The van der Waals surface area contributed by atoms with Crippen LogP contribution in [0.5, 0.6) is 0 Å². The molecule has 2 saturated heterocycles. The molecule has 0 aliphatic carbocycles. The number of hydrogen-bond acceptors (Lipinski definition) is 5. The van der Waals surface area contributed by atoms with E-state index in [1.165, 1.54) is 11.3 Å². The van der Waals surface area contributed by atoms with Gasteiger partial charge in [0.05, 0.1) is 23.2 Å². The number of anilines is 1. The molecule has 2 aliphatic rings. The van der Waals surface area contributed by atoms with Crippen molar-refractivity contribution >= 4 is 43.8 Å². The van der Waals surface area contributed by atoms with Gasteiger partial charge in [0.15, 0.2) is 15.0 Å². The second-order valence-corrected chi connectivity index (χ2v) is 9.32. The molecule has 0 N–H and O–H groups in total. The van der Waals surface area contributed by atoms with Crippen LogP contribution < -0.4 is 4.90 Å². The van der Waals surface area contributed by atoms with E-state index in [2.05, 4.69) is 4.98 Å². The predicted octanol–water partition coefficient (Wildman–Crippen LogP) is 2.61. The summed E-state index contributed by atoms with van der Waals surface area (Å²) in [7, 11) is -3.05. The third-order valence-corrected chi connectivity index (χ3v) is 7.19. The zero-order chi connectivity index (χ0) is 16.2. The molecule has 1 aromatic carbocycles. The number of aromatic nitrogens is 1. The van der Waals surface area contributed by atoms with Crippen LogP contribution in [-0.4, -0.2) is 36.9 Å². The summed E-state index contributed by atoms with van der Waals surface area (Å²) in [6, 6.07) is 7.05. The van der Waals surface area contributed by atoms with Crippen LogP contribution in [0.25, 0.3) is 11.3 Å². The Balaban J connectivity index is 1.66. The smallest absolute Gasteiger partial charge is 0.229 e. The van der Waals surface area contributed by atoms with Gasteiger partial charge < -0.3 is 0 Å². The summed E-state index contributed by atoms with van der Waals surface area (Å²) in [6.07, 6.45) is 0.291. The van der Waals surface area contributed by atoms with Gasteiger partial charge in [-0.2, -0.15) is 0 Å². The number of amides is 1. The second kappa shape index (κ2) is 5.29. The summed E-state index contributed by atoms with van der Waals surface area (Å²) >= 11 is 7.25.